The summed E-state index contributed by atoms with van der Waals surface area (Å²) in [6, 6.07) is 0. The molecule has 6 heteroatoms. The second-order valence-corrected chi connectivity index (χ2v) is 9.01. The first kappa shape index (κ1) is 16.0. The van der Waals surface area contributed by atoms with Gasteiger partial charge in [0, 0.05) is 16.2 Å². The van der Waals surface area contributed by atoms with Crippen LogP contribution in [0.4, 0.5) is 0 Å². The van der Waals surface area contributed by atoms with Gasteiger partial charge < -0.3 is 0 Å². The molecule has 0 aliphatic heterocycles. The number of hydrogen-bond acceptors (Lipinski definition) is 5. The van der Waals surface area contributed by atoms with Crippen LogP contribution in [0, 0.1) is 5.92 Å². The third-order valence-electron chi connectivity index (χ3n) is 4.68. The largest absolute Gasteiger partial charge is 0.293 e. The third-order valence-corrected chi connectivity index (χ3v) is 7.03. The Hall–Kier alpha value is -1.53. The molecule has 1 aliphatic carbocycles. The number of hydrogen-bond donors (Lipinski definition) is 0. The molecule has 1 atom stereocenters. The molecule has 0 saturated carbocycles. The van der Waals surface area contributed by atoms with Crippen molar-refractivity contribution >= 4 is 32.9 Å². The van der Waals surface area contributed by atoms with Crippen molar-refractivity contribution in [1.29, 1.82) is 0 Å². The van der Waals surface area contributed by atoms with Gasteiger partial charge in [0.1, 0.15) is 4.83 Å². The summed E-state index contributed by atoms with van der Waals surface area (Å²) in [7, 11) is 0. The van der Waals surface area contributed by atoms with Gasteiger partial charge in [-0.1, -0.05) is 20.8 Å². The predicted molar refractivity (Wildman–Crippen MR) is 100 cm³/mol. The number of thiophene rings is 1. The summed E-state index contributed by atoms with van der Waals surface area (Å²) in [6.07, 6.45) is 4.94. The molecule has 3 aromatic heterocycles. The predicted octanol–water partition coefficient (Wildman–Crippen LogP) is 4.21. The summed E-state index contributed by atoms with van der Waals surface area (Å²) in [6.45, 7) is 7.07. The molecule has 0 radical (unpaired) electrons. The van der Waals surface area contributed by atoms with Crippen LogP contribution in [-0.2, 0) is 19.4 Å². The minimum absolute atomic E-state index is 0.0890. The van der Waals surface area contributed by atoms with Gasteiger partial charge in [-0.05, 0) is 30.7 Å². The fourth-order valence-electron chi connectivity index (χ4n) is 3.31. The molecule has 24 heavy (non-hydrogen) atoms. The van der Waals surface area contributed by atoms with Gasteiger partial charge in [-0.3, -0.25) is 9.36 Å². The molecule has 3 heterocycles. The Labute approximate surface area is 149 Å². The minimum Gasteiger partial charge on any atom is -0.293 e. The van der Waals surface area contributed by atoms with Gasteiger partial charge in [-0.25, -0.2) is 9.97 Å². The van der Waals surface area contributed by atoms with E-state index in [-0.39, 0.29) is 5.56 Å². The summed E-state index contributed by atoms with van der Waals surface area (Å²) >= 11 is 3.37. The maximum absolute atomic E-state index is 13.0. The normalized spacial score (nSPS) is 17.6. The average Bonchev–Trinajstić information content (AvgIpc) is 3.14. The summed E-state index contributed by atoms with van der Waals surface area (Å²) in [5.74, 6) is 1.13. The van der Waals surface area contributed by atoms with Crippen LogP contribution >= 0.6 is 22.7 Å². The highest BCUT2D eigenvalue weighted by Crippen LogP contribution is 2.35. The summed E-state index contributed by atoms with van der Waals surface area (Å²) in [5.41, 5.74) is 2.29. The maximum atomic E-state index is 13.0. The number of aromatic nitrogens is 3. The zero-order valence-electron chi connectivity index (χ0n) is 14.2. The zero-order chi connectivity index (χ0) is 16.8. The van der Waals surface area contributed by atoms with Crippen molar-refractivity contribution < 1.29 is 0 Å². The lowest BCUT2D eigenvalue weighted by molar-refractivity contribution is 0.509. The molecule has 0 fully saturated rings. The van der Waals surface area contributed by atoms with Crippen LogP contribution in [0.5, 0.6) is 0 Å². The highest BCUT2D eigenvalue weighted by Gasteiger charge is 2.23. The van der Waals surface area contributed by atoms with Crippen LogP contribution in [0.25, 0.3) is 10.2 Å². The lowest BCUT2D eigenvalue weighted by Crippen LogP contribution is -2.22. The van der Waals surface area contributed by atoms with E-state index in [0.717, 1.165) is 40.2 Å². The molecule has 1 aliphatic rings. The van der Waals surface area contributed by atoms with Gasteiger partial charge in [0.2, 0.25) is 0 Å². The van der Waals surface area contributed by atoms with Crippen molar-refractivity contribution in [2.75, 3.05) is 0 Å². The summed E-state index contributed by atoms with van der Waals surface area (Å²) in [5, 5.41) is 4.02. The van der Waals surface area contributed by atoms with Gasteiger partial charge in [-0.15, -0.1) is 22.7 Å². The monoisotopic (exact) mass is 359 g/mol. The highest BCUT2D eigenvalue weighted by atomic mass is 32.1. The van der Waals surface area contributed by atoms with Crippen LogP contribution < -0.4 is 5.56 Å². The minimum atomic E-state index is 0.0890. The van der Waals surface area contributed by atoms with Crippen LogP contribution in [0.1, 0.15) is 54.3 Å². The van der Waals surface area contributed by atoms with Crippen LogP contribution in [0.15, 0.2) is 16.5 Å². The number of thiazole rings is 1. The maximum Gasteiger partial charge on any atom is 0.262 e. The summed E-state index contributed by atoms with van der Waals surface area (Å²) in [4.78, 5) is 24.5. The molecule has 1 unspecified atom stereocenters. The lowest BCUT2D eigenvalue weighted by atomic mass is 9.89. The Bertz CT molecular complexity index is 951. The number of nitrogens with zero attached hydrogens (tertiary/aromatic N) is 3. The topological polar surface area (TPSA) is 47.8 Å². The molecule has 0 N–H and O–H groups in total. The molecular formula is C18H21N3OS2. The molecular weight excluding hydrogens is 338 g/mol. The SMILES string of the molecule is CC1CCc2c(sc3ncn(Cc4csc(C(C)C)n4)c(=O)c23)C1. The van der Waals surface area contributed by atoms with Gasteiger partial charge in [0.25, 0.3) is 5.56 Å². The van der Waals surface area contributed by atoms with Crippen molar-refractivity contribution in [2.45, 2.75) is 52.5 Å². The van der Waals surface area contributed by atoms with Gasteiger partial charge in [0.15, 0.2) is 0 Å². The summed E-state index contributed by atoms with van der Waals surface area (Å²) < 4.78 is 1.71. The Morgan fingerprint density at radius 1 is 1.42 bits per heavy atom. The average molecular weight is 360 g/mol. The quantitative estimate of drug-likeness (QED) is 0.704. The molecule has 4 nitrogen and oxygen atoms in total. The molecule has 126 valence electrons. The van der Waals surface area contributed by atoms with Crippen molar-refractivity contribution in [3.8, 4) is 0 Å². The van der Waals surface area contributed by atoms with Gasteiger partial charge >= 0.3 is 0 Å². The van der Waals surface area contributed by atoms with E-state index in [2.05, 4.69) is 36.1 Å². The van der Waals surface area contributed by atoms with Crippen molar-refractivity contribution in [3.05, 3.63) is 43.2 Å². The third kappa shape index (κ3) is 2.71. The fraction of sp³-hybridized carbons (Fsp3) is 0.500. The van der Waals surface area contributed by atoms with E-state index in [9.17, 15) is 4.79 Å². The van der Waals surface area contributed by atoms with E-state index in [0.29, 0.717) is 18.4 Å². The second kappa shape index (κ2) is 6.08. The van der Waals surface area contributed by atoms with E-state index < -0.39 is 0 Å². The van der Waals surface area contributed by atoms with E-state index in [1.807, 2.05) is 0 Å². The second-order valence-electron chi connectivity index (χ2n) is 7.04. The molecule has 3 aromatic rings. The van der Waals surface area contributed by atoms with Crippen molar-refractivity contribution in [1.82, 2.24) is 14.5 Å². The molecule has 0 bridgehead atoms. The van der Waals surface area contributed by atoms with Gasteiger partial charge in [-0.2, -0.15) is 0 Å². The molecule has 0 amide bonds. The lowest BCUT2D eigenvalue weighted by Gasteiger charge is -2.17. The van der Waals surface area contributed by atoms with E-state index >= 15 is 0 Å². The number of rotatable bonds is 3. The van der Waals surface area contributed by atoms with Crippen molar-refractivity contribution in [3.63, 3.8) is 0 Å². The highest BCUT2D eigenvalue weighted by molar-refractivity contribution is 7.18. The van der Waals surface area contributed by atoms with Crippen LogP contribution in [-0.4, -0.2) is 14.5 Å². The Morgan fingerprint density at radius 3 is 3.00 bits per heavy atom. The first-order valence-corrected chi connectivity index (χ1v) is 10.2. The first-order valence-electron chi connectivity index (χ1n) is 8.47. The Balaban J connectivity index is 1.74. The molecule has 0 saturated heterocycles. The van der Waals surface area contributed by atoms with Crippen LogP contribution in [0.2, 0.25) is 0 Å². The fourth-order valence-corrected chi connectivity index (χ4v) is 5.48. The first-order chi connectivity index (χ1) is 11.5. The van der Waals surface area contributed by atoms with Gasteiger partial charge in [0.05, 0.1) is 29.0 Å². The van der Waals surface area contributed by atoms with E-state index in [1.165, 1.54) is 10.4 Å². The Kier molecular flexibility index (Phi) is 4.04. The standard InChI is InChI=1S/C18H21N3OS2/c1-10(2)16-20-12(8-23-16)7-21-9-19-17-15(18(21)22)13-5-4-11(3)6-14(13)24-17/h8-11H,4-7H2,1-3H3. The smallest absolute Gasteiger partial charge is 0.262 e. The molecule has 4 rings (SSSR count). The molecule has 0 spiro atoms. The van der Waals surface area contributed by atoms with Crippen molar-refractivity contribution in [2.24, 2.45) is 5.92 Å². The molecule has 0 aromatic carbocycles. The van der Waals surface area contributed by atoms with Crippen LogP contribution in [0.3, 0.4) is 0 Å². The van der Waals surface area contributed by atoms with E-state index in [1.54, 1.807) is 33.6 Å². The number of fused-ring (bicyclic) bond motifs is 3. The Morgan fingerprint density at radius 2 is 2.25 bits per heavy atom. The zero-order valence-corrected chi connectivity index (χ0v) is 15.8. The van der Waals surface area contributed by atoms with E-state index in [4.69, 9.17) is 0 Å². The number of aryl methyl sites for hydroxylation is 1.